The molecular formula is C10H18BrN3S2. The Bertz CT molecular complexity index is 304. The van der Waals surface area contributed by atoms with Gasteiger partial charge in [-0.25, -0.2) is 0 Å². The van der Waals surface area contributed by atoms with E-state index in [4.69, 9.17) is 0 Å². The molecule has 1 aromatic heterocycles. The molecule has 16 heavy (non-hydrogen) atoms. The second-order valence-electron chi connectivity index (χ2n) is 3.86. The summed E-state index contributed by atoms with van der Waals surface area (Å²) in [5.74, 6) is 1.86. The fourth-order valence-corrected chi connectivity index (χ4v) is 4.03. The normalized spacial score (nSPS) is 12.8. The number of thioether (sulfide) groups is 1. The Kier molecular flexibility index (Phi) is 6.68. The molecule has 0 N–H and O–H groups in total. The third-order valence-electron chi connectivity index (χ3n) is 2.14. The average Bonchev–Trinajstić information content (AvgIpc) is 2.73. The van der Waals surface area contributed by atoms with E-state index >= 15 is 0 Å². The Balaban J connectivity index is 2.41. The minimum Gasteiger partial charge on any atom is -0.353 e. The van der Waals surface area contributed by atoms with Crippen LogP contribution in [0.5, 0.6) is 0 Å². The predicted octanol–water partition coefficient (Wildman–Crippen LogP) is 3.51. The van der Waals surface area contributed by atoms with Crippen LogP contribution in [0.3, 0.4) is 0 Å². The van der Waals surface area contributed by atoms with E-state index in [2.05, 4.69) is 33.1 Å². The molecule has 0 aliphatic carbocycles. The summed E-state index contributed by atoms with van der Waals surface area (Å²) in [5.41, 5.74) is 0. The van der Waals surface area contributed by atoms with Crippen molar-refractivity contribution in [1.82, 2.24) is 10.2 Å². The summed E-state index contributed by atoms with van der Waals surface area (Å²) in [6, 6.07) is 0. The molecule has 0 aromatic carbocycles. The molecule has 6 heteroatoms. The van der Waals surface area contributed by atoms with Gasteiger partial charge >= 0.3 is 0 Å². The summed E-state index contributed by atoms with van der Waals surface area (Å²) >= 11 is 7.05. The van der Waals surface area contributed by atoms with Crippen molar-refractivity contribution >= 4 is 44.2 Å². The number of hydrogen-bond acceptors (Lipinski definition) is 5. The number of halogens is 1. The molecule has 1 atom stereocenters. The first-order valence-corrected chi connectivity index (χ1v) is 8.29. The van der Waals surface area contributed by atoms with Crippen molar-refractivity contribution in [3.05, 3.63) is 0 Å². The molecule has 1 unspecified atom stereocenters. The highest BCUT2D eigenvalue weighted by Crippen LogP contribution is 2.29. The number of alkyl halides is 1. The third kappa shape index (κ3) is 4.59. The van der Waals surface area contributed by atoms with Crippen molar-refractivity contribution in [2.75, 3.05) is 30.1 Å². The fourth-order valence-electron chi connectivity index (χ4n) is 1.24. The van der Waals surface area contributed by atoms with Gasteiger partial charge in [-0.2, -0.15) is 0 Å². The Labute approximate surface area is 114 Å². The van der Waals surface area contributed by atoms with E-state index in [0.717, 1.165) is 26.5 Å². The Morgan fingerprint density at radius 2 is 2.19 bits per heavy atom. The van der Waals surface area contributed by atoms with Crippen molar-refractivity contribution in [2.24, 2.45) is 5.92 Å². The van der Waals surface area contributed by atoms with E-state index in [9.17, 15) is 0 Å². The SMILES string of the molecule is CCCC(CBr)CSc1nnc(N(C)C)s1. The molecule has 0 spiro atoms. The van der Waals surface area contributed by atoms with Crippen LogP contribution < -0.4 is 4.90 Å². The lowest BCUT2D eigenvalue weighted by atomic mass is 10.1. The molecule has 0 radical (unpaired) electrons. The molecule has 1 rings (SSSR count). The van der Waals surface area contributed by atoms with E-state index in [1.165, 1.54) is 12.8 Å². The summed E-state index contributed by atoms with van der Waals surface area (Å²) in [4.78, 5) is 2.00. The van der Waals surface area contributed by atoms with Gasteiger partial charge in [-0.3, -0.25) is 0 Å². The number of rotatable bonds is 7. The zero-order valence-corrected chi connectivity index (χ0v) is 13.2. The van der Waals surface area contributed by atoms with Crippen molar-refractivity contribution < 1.29 is 0 Å². The van der Waals surface area contributed by atoms with Gasteiger partial charge in [0.15, 0.2) is 4.34 Å². The van der Waals surface area contributed by atoms with Gasteiger partial charge in [0.1, 0.15) is 0 Å². The van der Waals surface area contributed by atoms with E-state index < -0.39 is 0 Å². The van der Waals surface area contributed by atoms with Crippen LogP contribution in [0.2, 0.25) is 0 Å². The number of anilines is 1. The molecule has 0 bridgehead atoms. The first-order valence-electron chi connectivity index (χ1n) is 5.37. The molecule has 1 heterocycles. The number of nitrogens with zero attached hydrogens (tertiary/aromatic N) is 3. The maximum atomic E-state index is 4.18. The van der Waals surface area contributed by atoms with Crippen LogP contribution in [0.1, 0.15) is 19.8 Å². The molecule has 0 saturated heterocycles. The van der Waals surface area contributed by atoms with Gasteiger partial charge in [0.2, 0.25) is 5.13 Å². The first kappa shape index (κ1) is 14.3. The minimum absolute atomic E-state index is 0.738. The van der Waals surface area contributed by atoms with Crippen LogP contribution in [0.15, 0.2) is 4.34 Å². The van der Waals surface area contributed by atoms with Crippen LogP contribution in [0.4, 0.5) is 5.13 Å². The van der Waals surface area contributed by atoms with Crippen LogP contribution in [-0.4, -0.2) is 35.4 Å². The Hall–Kier alpha value is 0.190. The maximum Gasteiger partial charge on any atom is 0.208 e. The highest BCUT2D eigenvalue weighted by Gasteiger charge is 2.10. The van der Waals surface area contributed by atoms with Gasteiger partial charge in [0.25, 0.3) is 0 Å². The highest BCUT2D eigenvalue weighted by atomic mass is 79.9. The van der Waals surface area contributed by atoms with E-state index in [1.807, 2.05) is 30.8 Å². The molecule has 1 aromatic rings. The monoisotopic (exact) mass is 323 g/mol. The second kappa shape index (κ2) is 7.50. The summed E-state index contributed by atoms with van der Waals surface area (Å²) in [6.07, 6.45) is 2.52. The number of aromatic nitrogens is 2. The summed E-state index contributed by atoms with van der Waals surface area (Å²) < 4.78 is 1.07. The first-order chi connectivity index (χ1) is 7.67. The molecule has 0 aliphatic heterocycles. The van der Waals surface area contributed by atoms with E-state index in [-0.39, 0.29) is 0 Å². The maximum absolute atomic E-state index is 4.18. The van der Waals surface area contributed by atoms with Gasteiger partial charge in [0, 0.05) is 25.2 Å². The van der Waals surface area contributed by atoms with Gasteiger partial charge in [0.05, 0.1) is 0 Å². The quantitative estimate of drug-likeness (QED) is 0.567. The van der Waals surface area contributed by atoms with Crippen LogP contribution in [0.25, 0.3) is 0 Å². The fraction of sp³-hybridized carbons (Fsp3) is 0.800. The zero-order chi connectivity index (χ0) is 12.0. The molecule has 3 nitrogen and oxygen atoms in total. The molecule has 0 fully saturated rings. The summed E-state index contributed by atoms with van der Waals surface area (Å²) in [7, 11) is 3.99. The second-order valence-corrected chi connectivity index (χ2v) is 6.74. The molecular weight excluding hydrogens is 306 g/mol. The molecule has 92 valence electrons. The molecule has 0 aliphatic rings. The standard InChI is InChI=1S/C10H18BrN3S2/c1-4-5-8(6-11)7-15-10-13-12-9(16-10)14(2)3/h8H,4-7H2,1-3H3. The van der Waals surface area contributed by atoms with Crippen molar-refractivity contribution in [1.29, 1.82) is 0 Å². The van der Waals surface area contributed by atoms with Crippen LogP contribution in [-0.2, 0) is 0 Å². The van der Waals surface area contributed by atoms with Gasteiger partial charge in [-0.05, 0) is 12.3 Å². The average molecular weight is 324 g/mol. The van der Waals surface area contributed by atoms with Crippen molar-refractivity contribution in [3.63, 3.8) is 0 Å². The van der Waals surface area contributed by atoms with Crippen molar-refractivity contribution in [2.45, 2.75) is 24.1 Å². The summed E-state index contributed by atoms with van der Waals surface area (Å²) in [6.45, 7) is 2.23. The number of hydrogen-bond donors (Lipinski definition) is 0. The zero-order valence-electron chi connectivity index (χ0n) is 9.94. The highest BCUT2D eigenvalue weighted by molar-refractivity contribution is 9.09. The van der Waals surface area contributed by atoms with Gasteiger partial charge < -0.3 is 4.90 Å². The lowest BCUT2D eigenvalue weighted by molar-refractivity contribution is 0.597. The smallest absolute Gasteiger partial charge is 0.208 e. The van der Waals surface area contributed by atoms with Crippen LogP contribution in [0, 0.1) is 5.92 Å². The third-order valence-corrected chi connectivity index (χ3v) is 5.51. The van der Waals surface area contributed by atoms with Gasteiger partial charge in [-0.15, -0.1) is 10.2 Å². The van der Waals surface area contributed by atoms with E-state index in [0.29, 0.717) is 0 Å². The molecule has 0 amide bonds. The van der Waals surface area contributed by atoms with E-state index in [1.54, 1.807) is 11.3 Å². The largest absolute Gasteiger partial charge is 0.353 e. The minimum atomic E-state index is 0.738. The van der Waals surface area contributed by atoms with Crippen molar-refractivity contribution in [3.8, 4) is 0 Å². The predicted molar refractivity (Wildman–Crippen MR) is 77.2 cm³/mol. The molecule has 0 saturated carbocycles. The Morgan fingerprint density at radius 1 is 1.44 bits per heavy atom. The lowest BCUT2D eigenvalue weighted by Crippen LogP contribution is -2.07. The van der Waals surface area contributed by atoms with Gasteiger partial charge in [-0.1, -0.05) is 52.4 Å². The topological polar surface area (TPSA) is 29.0 Å². The summed E-state index contributed by atoms with van der Waals surface area (Å²) in [5, 5.41) is 10.4. The Morgan fingerprint density at radius 3 is 2.69 bits per heavy atom. The van der Waals surface area contributed by atoms with Crippen LogP contribution >= 0.6 is 39.0 Å². The lowest BCUT2D eigenvalue weighted by Gasteiger charge is -2.10.